The van der Waals surface area contributed by atoms with Crippen LogP contribution in [0.5, 0.6) is 0 Å². The van der Waals surface area contributed by atoms with Crippen molar-refractivity contribution in [2.45, 2.75) is 6.42 Å². The Kier molecular flexibility index (Phi) is 3.44. The Morgan fingerprint density at radius 3 is 2.29 bits per heavy atom. The topological polar surface area (TPSA) is 40.6 Å². The third-order valence-electron chi connectivity index (χ3n) is 3.72. The van der Waals surface area contributed by atoms with Gasteiger partial charge < -0.3 is 9.80 Å². The summed E-state index contributed by atoms with van der Waals surface area (Å²) >= 11 is 0. The summed E-state index contributed by atoms with van der Waals surface area (Å²) in [5.41, 5.74) is 2.17. The summed E-state index contributed by atoms with van der Waals surface area (Å²) in [5.74, 6) is -0.0584. The van der Waals surface area contributed by atoms with Crippen LogP contribution >= 0.6 is 0 Å². The summed E-state index contributed by atoms with van der Waals surface area (Å²) in [4.78, 5) is 28.1. The molecule has 0 aromatic heterocycles. The SMILES string of the molecule is CN1C(=O)CCN(C(=O)c2ccccc2)c2ccccc21. The normalized spacial score (nSPS) is 14.6. The largest absolute Gasteiger partial charge is 0.313 e. The molecule has 0 saturated heterocycles. The molecule has 2 aromatic carbocycles. The molecule has 0 atom stereocenters. The zero-order valence-electron chi connectivity index (χ0n) is 11.8. The third kappa shape index (κ3) is 2.40. The lowest BCUT2D eigenvalue weighted by Gasteiger charge is -2.23. The van der Waals surface area contributed by atoms with Crippen LogP contribution in [0.4, 0.5) is 11.4 Å². The minimum absolute atomic E-state index is 0.0193. The third-order valence-corrected chi connectivity index (χ3v) is 3.72. The first-order valence-electron chi connectivity index (χ1n) is 6.91. The summed E-state index contributed by atoms with van der Waals surface area (Å²) in [6.45, 7) is 0.397. The average Bonchev–Trinajstić information content (AvgIpc) is 2.66. The molecule has 0 fully saturated rings. The highest BCUT2D eigenvalue weighted by molar-refractivity contribution is 6.10. The van der Waals surface area contributed by atoms with Gasteiger partial charge in [0.15, 0.2) is 0 Å². The molecular weight excluding hydrogens is 264 g/mol. The monoisotopic (exact) mass is 280 g/mol. The second kappa shape index (κ2) is 5.40. The minimum Gasteiger partial charge on any atom is -0.313 e. The number of benzene rings is 2. The lowest BCUT2D eigenvalue weighted by Crippen LogP contribution is -2.31. The van der Waals surface area contributed by atoms with Gasteiger partial charge in [0.25, 0.3) is 5.91 Å². The van der Waals surface area contributed by atoms with Gasteiger partial charge in [0.05, 0.1) is 11.4 Å². The first-order valence-corrected chi connectivity index (χ1v) is 6.91. The number of anilines is 2. The molecule has 1 aliphatic rings. The lowest BCUT2D eigenvalue weighted by atomic mass is 10.1. The Bertz CT molecular complexity index is 682. The lowest BCUT2D eigenvalue weighted by molar-refractivity contribution is -0.118. The zero-order chi connectivity index (χ0) is 14.8. The van der Waals surface area contributed by atoms with E-state index in [0.29, 0.717) is 18.5 Å². The fourth-order valence-electron chi connectivity index (χ4n) is 2.55. The van der Waals surface area contributed by atoms with Crippen molar-refractivity contribution in [1.82, 2.24) is 0 Å². The minimum atomic E-state index is -0.0776. The van der Waals surface area contributed by atoms with Gasteiger partial charge in [-0.25, -0.2) is 0 Å². The van der Waals surface area contributed by atoms with Crippen molar-refractivity contribution in [1.29, 1.82) is 0 Å². The molecule has 2 amide bonds. The molecule has 106 valence electrons. The number of para-hydroxylation sites is 2. The molecule has 0 radical (unpaired) electrons. The molecule has 0 bridgehead atoms. The van der Waals surface area contributed by atoms with Crippen molar-refractivity contribution in [3.05, 3.63) is 60.2 Å². The van der Waals surface area contributed by atoms with E-state index in [1.165, 1.54) is 0 Å². The molecule has 0 saturated carbocycles. The summed E-state index contributed by atoms with van der Waals surface area (Å²) in [7, 11) is 1.75. The van der Waals surface area contributed by atoms with Gasteiger partial charge in [-0.05, 0) is 24.3 Å². The van der Waals surface area contributed by atoms with Crippen molar-refractivity contribution < 1.29 is 9.59 Å². The zero-order valence-corrected chi connectivity index (χ0v) is 11.8. The number of carbonyl (C=O) groups excluding carboxylic acids is 2. The fraction of sp³-hybridized carbons (Fsp3) is 0.176. The molecule has 1 aliphatic heterocycles. The van der Waals surface area contributed by atoms with Gasteiger partial charge in [0.2, 0.25) is 5.91 Å². The number of amides is 2. The number of hydrogen-bond donors (Lipinski definition) is 0. The van der Waals surface area contributed by atoms with Gasteiger partial charge in [-0.1, -0.05) is 30.3 Å². The van der Waals surface area contributed by atoms with Crippen molar-refractivity contribution in [3.8, 4) is 0 Å². The van der Waals surface area contributed by atoms with Crippen molar-refractivity contribution >= 4 is 23.2 Å². The van der Waals surface area contributed by atoms with Crippen LogP contribution in [0, 0.1) is 0 Å². The van der Waals surface area contributed by atoms with Crippen LogP contribution in [0.15, 0.2) is 54.6 Å². The van der Waals surface area contributed by atoms with Crippen molar-refractivity contribution in [2.75, 3.05) is 23.4 Å². The van der Waals surface area contributed by atoms with E-state index in [9.17, 15) is 9.59 Å². The first-order chi connectivity index (χ1) is 10.2. The van der Waals surface area contributed by atoms with Crippen LogP contribution < -0.4 is 9.80 Å². The summed E-state index contributed by atoms with van der Waals surface area (Å²) in [6, 6.07) is 16.7. The quantitative estimate of drug-likeness (QED) is 0.806. The Morgan fingerprint density at radius 2 is 1.57 bits per heavy atom. The molecule has 1 heterocycles. The number of nitrogens with zero attached hydrogens (tertiary/aromatic N) is 2. The van der Waals surface area contributed by atoms with E-state index in [0.717, 1.165) is 11.4 Å². The smallest absolute Gasteiger partial charge is 0.258 e. The maximum absolute atomic E-state index is 12.7. The highest BCUT2D eigenvalue weighted by Gasteiger charge is 2.27. The molecule has 4 nitrogen and oxygen atoms in total. The van der Waals surface area contributed by atoms with E-state index in [4.69, 9.17) is 0 Å². The summed E-state index contributed by atoms with van der Waals surface area (Å²) in [6.07, 6.45) is 0.323. The van der Waals surface area contributed by atoms with Crippen LogP contribution in [0.1, 0.15) is 16.8 Å². The van der Waals surface area contributed by atoms with Gasteiger partial charge in [0.1, 0.15) is 0 Å². The molecule has 0 N–H and O–H groups in total. The second-order valence-corrected chi connectivity index (χ2v) is 5.01. The first kappa shape index (κ1) is 13.4. The Balaban J connectivity index is 2.05. The fourth-order valence-corrected chi connectivity index (χ4v) is 2.55. The molecule has 3 rings (SSSR count). The Morgan fingerprint density at radius 1 is 0.952 bits per heavy atom. The number of hydrogen-bond acceptors (Lipinski definition) is 2. The predicted octanol–water partition coefficient (Wildman–Crippen LogP) is 2.70. The van der Waals surface area contributed by atoms with E-state index >= 15 is 0 Å². The van der Waals surface area contributed by atoms with Crippen LogP contribution in [0.2, 0.25) is 0 Å². The van der Waals surface area contributed by atoms with Crippen LogP contribution in [0.3, 0.4) is 0 Å². The van der Waals surface area contributed by atoms with Gasteiger partial charge in [-0.2, -0.15) is 0 Å². The molecule has 4 heteroatoms. The predicted molar refractivity (Wildman–Crippen MR) is 82.6 cm³/mol. The maximum Gasteiger partial charge on any atom is 0.258 e. The van der Waals surface area contributed by atoms with E-state index in [2.05, 4.69) is 0 Å². The number of rotatable bonds is 1. The Hall–Kier alpha value is -2.62. The number of fused-ring (bicyclic) bond motifs is 1. The maximum atomic E-state index is 12.7. The van der Waals surface area contributed by atoms with Gasteiger partial charge in [-0.15, -0.1) is 0 Å². The molecule has 0 unspecified atom stereocenters. The average molecular weight is 280 g/mol. The van der Waals surface area contributed by atoms with E-state index in [1.807, 2.05) is 42.5 Å². The molecule has 2 aromatic rings. The highest BCUT2D eigenvalue weighted by Crippen LogP contribution is 2.32. The molecule has 0 spiro atoms. The molecular formula is C17H16N2O2. The molecule has 0 aliphatic carbocycles. The van der Waals surface area contributed by atoms with Crippen LogP contribution in [0.25, 0.3) is 0 Å². The van der Waals surface area contributed by atoms with Gasteiger partial charge >= 0.3 is 0 Å². The highest BCUT2D eigenvalue weighted by atomic mass is 16.2. The number of carbonyl (C=O) groups is 2. The standard InChI is InChI=1S/C17H16N2O2/c1-18-14-9-5-6-10-15(14)19(12-11-16(18)20)17(21)13-7-3-2-4-8-13/h2-10H,11-12H2,1H3. The van der Waals surface area contributed by atoms with Gasteiger partial charge in [0, 0.05) is 25.6 Å². The van der Waals surface area contributed by atoms with Gasteiger partial charge in [-0.3, -0.25) is 9.59 Å². The Labute approximate surface area is 123 Å². The van der Waals surface area contributed by atoms with Crippen LogP contribution in [-0.2, 0) is 4.79 Å². The van der Waals surface area contributed by atoms with Crippen molar-refractivity contribution in [3.63, 3.8) is 0 Å². The second-order valence-electron chi connectivity index (χ2n) is 5.01. The molecule has 21 heavy (non-hydrogen) atoms. The van der Waals surface area contributed by atoms with Crippen molar-refractivity contribution in [2.24, 2.45) is 0 Å². The van der Waals surface area contributed by atoms with E-state index in [1.54, 1.807) is 29.0 Å². The summed E-state index contributed by atoms with van der Waals surface area (Å²) in [5, 5.41) is 0. The van der Waals surface area contributed by atoms with Crippen LogP contribution in [-0.4, -0.2) is 25.4 Å². The van der Waals surface area contributed by atoms with E-state index < -0.39 is 0 Å². The summed E-state index contributed by atoms with van der Waals surface area (Å²) < 4.78 is 0. The van der Waals surface area contributed by atoms with E-state index in [-0.39, 0.29) is 11.8 Å².